The fraction of sp³-hybridized carbons (Fsp3) is 0.400. The van der Waals surface area contributed by atoms with E-state index in [0.29, 0.717) is 0 Å². The lowest BCUT2D eigenvalue weighted by Gasteiger charge is -2.10. The van der Waals surface area contributed by atoms with Crippen molar-refractivity contribution in [2.24, 2.45) is 5.73 Å². The zero-order chi connectivity index (χ0) is 15.1. The Kier molecular flexibility index (Phi) is 6.01. The van der Waals surface area contributed by atoms with Crippen molar-refractivity contribution in [3.05, 3.63) is 59.7 Å². The van der Waals surface area contributed by atoms with Gasteiger partial charge < -0.3 is 5.73 Å². The van der Waals surface area contributed by atoms with Crippen molar-refractivity contribution in [3.63, 3.8) is 0 Å². The maximum Gasteiger partial charge on any atom is 0.00767 e. The van der Waals surface area contributed by atoms with E-state index in [1.807, 2.05) is 0 Å². The van der Waals surface area contributed by atoms with Crippen LogP contribution in [0.5, 0.6) is 0 Å². The summed E-state index contributed by atoms with van der Waals surface area (Å²) in [6.45, 7) is 4.38. The summed E-state index contributed by atoms with van der Waals surface area (Å²) < 4.78 is 0. The lowest BCUT2D eigenvalue weighted by Crippen LogP contribution is -2.21. The summed E-state index contributed by atoms with van der Waals surface area (Å²) >= 11 is 0. The van der Waals surface area contributed by atoms with Gasteiger partial charge in [-0.1, -0.05) is 68.8 Å². The van der Waals surface area contributed by atoms with Crippen LogP contribution in [0.15, 0.2) is 48.5 Å². The molecule has 0 aliphatic carbocycles. The van der Waals surface area contributed by atoms with E-state index >= 15 is 0 Å². The molecule has 2 rings (SSSR count). The highest BCUT2D eigenvalue weighted by Crippen LogP contribution is 2.22. The van der Waals surface area contributed by atoms with E-state index in [1.54, 1.807) is 0 Å². The van der Waals surface area contributed by atoms with E-state index in [1.165, 1.54) is 41.5 Å². The second kappa shape index (κ2) is 7.99. The zero-order valence-electron chi connectivity index (χ0n) is 13.3. The molecule has 1 atom stereocenters. The Hall–Kier alpha value is -1.60. The predicted molar refractivity (Wildman–Crippen MR) is 92.5 cm³/mol. The van der Waals surface area contributed by atoms with Gasteiger partial charge in [0.25, 0.3) is 0 Å². The fourth-order valence-corrected chi connectivity index (χ4v) is 2.57. The standard InChI is InChI=1S/C20H27N/c1-3-5-7-16-10-12-18(13-11-16)19-9-6-8-17(14-19)15-20(21)4-2/h6,8-14,20H,3-5,7,15,21H2,1-2H3. The minimum atomic E-state index is 0.261. The van der Waals surface area contributed by atoms with Gasteiger partial charge in [-0.05, 0) is 47.9 Å². The van der Waals surface area contributed by atoms with Gasteiger partial charge in [-0.2, -0.15) is 0 Å². The van der Waals surface area contributed by atoms with Crippen LogP contribution in [0.3, 0.4) is 0 Å². The average molecular weight is 281 g/mol. The molecule has 2 aromatic rings. The minimum absolute atomic E-state index is 0.261. The van der Waals surface area contributed by atoms with Crippen molar-refractivity contribution in [1.29, 1.82) is 0 Å². The Morgan fingerprint density at radius 2 is 1.67 bits per heavy atom. The largest absolute Gasteiger partial charge is 0.327 e. The van der Waals surface area contributed by atoms with Gasteiger partial charge in [-0.25, -0.2) is 0 Å². The van der Waals surface area contributed by atoms with Crippen molar-refractivity contribution < 1.29 is 0 Å². The van der Waals surface area contributed by atoms with Crippen LogP contribution < -0.4 is 5.73 Å². The maximum atomic E-state index is 6.06. The Morgan fingerprint density at radius 1 is 0.905 bits per heavy atom. The Balaban J connectivity index is 2.12. The monoisotopic (exact) mass is 281 g/mol. The van der Waals surface area contributed by atoms with E-state index in [2.05, 4.69) is 62.4 Å². The van der Waals surface area contributed by atoms with Gasteiger partial charge in [0, 0.05) is 6.04 Å². The van der Waals surface area contributed by atoms with Gasteiger partial charge in [-0.3, -0.25) is 0 Å². The lowest BCUT2D eigenvalue weighted by atomic mass is 9.97. The minimum Gasteiger partial charge on any atom is -0.327 e. The fourth-order valence-electron chi connectivity index (χ4n) is 2.57. The molecular formula is C20H27N. The van der Waals surface area contributed by atoms with Crippen LogP contribution in [0.4, 0.5) is 0 Å². The van der Waals surface area contributed by atoms with Gasteiger partial charge in [0.1, 0.15) is 0 Å². The van der Waals surface area contributed by atoms with Crippen molar-refractivity contribution in [1.82, 2.24) is 0 Å². The SMILES string of the molecule is CCCCc1ccc(-c2cccc(CC(N)CC)c2)cc1. The van der Waals surface area contributed by atoms with E-state index in [4.69, 9.17) is 5.73 Å². The second-order valence-corrected chi connectivity index (χ2v) is 5.87. The number of benzene rings is 2. The summed E-state index contributed by atoms with van der Waals surface area (Å²) in [4.78, 5) is 0. The zero-order valence-corrected chi connectivity index (χ0v) is 13.3. The van der Waals surface area contributed by atoms with Gasteiger partial charge in [-0.15, -0.1) is 0 Å². The smallest absolute Gasteiger partial charge is 0.00767 e. The van der Waals surface area contributed by atoms with Crippen LogP contribution in [0, 0.1) is 0 Å². The molecule has 112 valence electrons. The Bertz CT molecular complexity index is 542. The van der Waals surface area contributed by atoms with Gasteiger partial charge in [0.05, 0.1) is 0 Å². The highest BCUT2D eigenvalue weighted by molar-refractivity contribution is 5.64. The van der Waals surface area contributed by atoms with Crippen LogP contribution in [-0.4, -0.2) is 6.04 Å². The van der Waals surface area contributed by atoms with Crippen LogP contribution in [0.2, 0.25) is 0 Å². The van der Waals surface area contributed by atoms with Crippen molar-refractivity contribution in [3.8, 4) is 11.1 Å². The third-order valence-electron chi connectivity index (χ3n) is 4.06. The summed E-state index contributed by atoms with van der Waals surface area (Å²) in [6.07, 6.45) is 5.68. The van der Waals surface area contributed by atoms with Crippen molar-refractivity contribution in [2.75, 3.05) is 0 Å². The maximum absolute atomic E-state index is 6.06. The molecule has 0 spiro atoms. The molecule has 1 nitrogen and oxygen atoms in total. The summed E-state index contributed by atoms with van der Waals surface area (Å²) in [5, 5.41) is 0. The van der Waals surface area contributed by atoms with Crippen molar-refractivity contribution >= 4 is 0 Å². The first-order valence-corrected chi connectivity index (χ1v) is 8.16. The van der Waals surface area contributed by atoms with E-state index in [-0.39, 0.29) is 6.04 Å². The normalized spacial score (nSPS) is 12.3. The first kappa shape index (κ1) is 15.8. The molecule has 0 saturated carbocycles. The number of hydrogen-bond donors (Lipinski definition) is 1. The highest BCUT2D eigenvalue weighted by Gasteiger charge is 2.04. The van der Waals surface area contributed by atoms with Gasteiger partial charge in [0.15, 0.2) is 0 Å². The third-order valence-corrected chi connectivity index (χ3v) is 4.06. The number of hydrogen-bond acceptors (Lipinski definition) is 1. The summed E-state index contributed by atoms with van der Waals surface area (Å²) in [7, 11) is 0. The van der Waals surface area contributed by atoms with E-state index in [9.17, 15) is 0 Å². The van der Waals surface area contributed by atoms with E-state index in [0.717, 1.165) is 12.8 Å². The number of aryl methyl sites for hydroxylation is 1. The predicted octanol–water partition coefficient (Wildman–Crippen LogP) is 4.98. The molecule has 2 N–H and O–H groups in total. The van der Waals surface area contributed by atoms with Crippen LogP contribution >= 0.6 is 0 Å². The highest BCUT2D eigenvalue weighted by atomic mass is 14.6. The molecule has 21 heavy (non-hydrogen) atoms. The quantitative estimate of drug-likeness (QED) is 0.761. The molecule has 0 aliphatic heterocycles. The molecule has 1 unspecified atom stereocenters. The molecule has 0 amide bonds. The number of rotatable bonds is 7. The molecule has 0 heterocycles. The Labute approximate surface area is 129 Å². The molecule has 0 aromatic heterocycles. The van der Waals surface area contributed by atoms with Crippen molar-refractivity contribution in [2.45, 2.75) is 52.0 Å². The lowest BCUT2D eigenvalue weighted by molar-refractivity contribution is 0.646. The first-order valence-electron chi connectivity index (χ1n) is 8.16. The molecule has 1 heteroatoms. The van der Waals surface area contributed by atoms with Gasteiger partial charge in [0.2, 0.25) is 0 Å². The third kappa shape index (κ3) is 4.71. The molecule has 0 bridgehead atoms. The summed E-state index contributed by atoms with van der Waals surface area (Å²) in [5.74, 6) is 0. The van der Waals surface area contributed by atoms with Crippen LogP contribution in [-0.2, 0) is 12.8 Å². The topological polar surface area (TPSA) is 26.0 Å². The average Bonchev–Trinajstić information content (AvgIpc) is 2.53. The molecule has 2 aromatic carbocycles. The summed E-state index contributed by atoms with van der Waals surface area (Å²) in [6, 6.07) is 18.0. The summed E-state index contributed by atoms with van der Waals surface area (Å²) in [5.41, 5.74) is 11.4. The molecule has 0 aliphatic rings. The second-order valence-electron chi connectivity index (χ2n) is 5.87. The number of unbranched alkanes of at least 4 members (excludes halogenated alkanes) is 1. The van der Waals surface area contributed by atoms with Crippen LogP contribution in [0.25, 0.3) is 11.1 Å². The molecule has 0 radical (unpaired) electrons. The van der Waals surface area contributed by atoms with E-state index < -0.39 is 0 Å². The molecule has 0 saturated heterocycles. The molecular weight excluding hydrogens is 254 g/mol. The number of nitrogens with two attached hydrogens (primary N) is 1. The Morgan fingerprint density at radius 3 is 2.33 bits per heavy atom. The van der Waals surface area contributed by atoms with Crippen LogP contribution in [0.1, 0.15) is 44.2 Å². The molecule has 0 fully saturated rings. The first-order chi connectivity index (χ1) is 10.2. The van der Waals surface area contributed by atoms with Gasteiger partial charge >= 0.3 is 0 Å².